The van der Waals surface area contributed by atoms with Crippen LogP contribution in [0.1, 0.15) is 51.8 Å². The molecule has 4 rings (SSSR count). The van der Waals surface area contributed by atoms with Crippen molar-refractivity contribution in [3.8, 4) is 0 Å². The lowest BCUT2D eigenvalue weighted by molar-refractivity contribution is 0.0696. The summed E-state index contributed by atoms with van der Waals surface area (Å²) in [6.07, 6.45) is 3.75. The predicted molar refractivity (Wildman–Crippen MR) is 123 cm³/mol. The number of nitrogens with zero attached hydrogens (tertiary/aromatic N) is 3. The van der Waals surface area contributed by atoms with E-state index < -0.39 is 5.97 Å². The number of aromatic carboxylic acids is 1. The highest BCUT2D eigenvalue weighted by molar-refractivity contribution is 5.96. The van der Waals surface area contributed by atoms with E-state index >= 15 is 0 Å². The average Bonchev–Trinajstić information content (AvgIpc) is 3.12. The van der Waals surface area contributed by atoms with Crippen molar-refractivity contribution in [2.75, 3.05) is 0 Å². The molecule has 1 N–H and O–H groups in total. The van der Waals surface area contributed by atoms with Gasteiger partial charge in [0.2, 0.25) is 0 Å². The van der Waals surface area contributed by atoms with Crippen LogP contribution in [-0.2, 0) is 13.0 Å². The number of aromatic nitrogens is 3. The second-order valence-corrected chi connectivity index (χ2v) is 7.69. The smallest absolute Gasteiger partial charge is 0.336 e. The van der Waals surface area contributed by atoms with Crippen molar-refractivity contribution in [1.29, 1.82) is 0 Å². The molecular formula is C26H25N3O2. The standard InChI is InChI=1S/C26H25N3O2/c1-4-7-23-28-24-17(2)14-15-27-25(24)29(23)16-19-10-12-20(13-11-19)18(3)21-8-5-6-9-22(21)26(30)31/h5-6,8-15H,3-4,7,16H2,1-2H3,(H,30,31). The van der Waals surface area contributed by atoms with Gasteiger partial charge in [-0.25, -0.2) is 14.8 Å². The molecule has 156 valence electrons. The van der Waals surface area contributed by atoms with E-state index in [9.17, 15) is 9.90 Å². The van der Waals surface area contributed by atoms with Gasteiger partial charge in [0.15, 0.2) is 5.65 Å². The van der Waals surface area contributed by atoms with E-state index in [2.05, 4.69) is 42.1 Å². The van der Waals surface area contributed by atoms with Crippen molar-refractivity contribution in [1.82, 2.24) is 14.5 Å². The van der Waals surface area contributed by atoms with Crippen LogP contribution >= 0.6 is 0 Å². The summed E-state index contributed by atoms with van der Waals surface area (Å²) in [5.41, 5.74) is 6.61. The third-order valence-corrected chi connectivity index (χ3v) is 5.51. The molecule has 0 amide bonds. The molecule has 0 unspecified atom stereocenters. The number of rotatable bonds is 7. The molecule has 0 bridgehead atoms. The third-order valence-electron chi connectivity index (χ3n) is 5.51. The number of carboxylic acids is 1. The van der Waals surface area contributed by atoms with E-state index in [-0.39, 0.29) is 5.56 Å². The van der Waals surface area contributed by atoms with Gasteiger partial charge in [-0.1, -0.05) is 56.0 Å². The molecule has 2 aromatic carbocycles. The first-order valence-corrected chi connectivity index (χ1v) is 10.4. The van der Waals surface area contributed by atoms with Crippen LogP contribution in [0.3, 0.4) is 0 Å². The van der Waals surface area contributed by atoms with Gasteiger partial charge in [-0.15, -0.1) is 0 Å². The normalized spacial score (nSPS) is 11.0. The molecule has 0 fully saturated rings. The summed E-state index contributed by atoms with van der Waals surface area (Å²) in [6, 6.07) is 17.0. The van der Waals surface area contributed by atoms with E-state index in [0.29, 0.717) is 17.7 Å². The maximum Gasteiger partial charge on any atom is 0.336 e. The van der Waals surface area contributed by atoms with E-state index in [4.69, 9.17) is 4.98 Å². The number of carboxylic acid groups (broad SMARTS) is 1. The molecule has 4 aromatic rings. The van der Waals surface area contributed by atoms with Crippen LogP contribution in [0.5, 0.6) is 0 Å². The number of aryl methyl sites for hydroxylation is 2. The molecule has 0 saturated carbocycles. The summed E-state index contributed by atoms with van der Waals surface area (Å²) in [7, 11) is 0. The van der Waals surface area contributed by atoms with Crippen LogP contribution in [0.15, 0.2) is 67.4 Å². The molecular weight excluding hydrogens is 386 g/mol. The van der Waals surface area contributed by atoms with Crippen molar-refractivity contribution in [3.63, 3.8) is 0 Å². The zero-order chi connectivity index (χ0) is 22.0. The van der Waals surface area contributed by atoms with Gasteiger partial charge in [-0.2, -0.15) is 0 Å². The Morgan fingerprint density at radius 1 is 1.06 bits per heavy atom. The minimum absolute atomic E-state index is 0.257. The molecule has 0 atom stereocenters. The maximum atomic E-state index is 11.5. The molecule has 0 saturated heterocycles. The summed E-state index contributed by atoms with van der Waals surface area (Å²) in [5.74, 6) is 0.0924. The molecule has 0 spiro atoms. The quantitative estimate of drug-likeness (QED) is 0.436. The lowest BCUT2D eigenvalue weighted by atomic mass is 9.94. The molecule has 2 heterocycles. The number of hydrogen-bond acceptors (Lipinski definition) is 3. The Bertz CT molecular complexity index is 1270. The minimum atomic E-state index is -0.952. The van der Waals surface area contributed by atoms with Crippen LogP contribution < -0.4 is 0 Å². The van der Waals surface area contributed by atoms with Gasteiger partial charge < -0.3 is 9.67 Å². The topological polar surface area (TPSA) is 68.0 Å². The first-order chi connectivity index (χ1) is 15.0. The lowest BCUT2D eigenvalue weighted by Crippen LogP contribution is -2.06. The van der Waals surface area contributed by atoms with Crippen molar-refractivity contribution < 1.29 is 9.90 Å². The van der Waals surface area contributed by atoms with Gasteiger partial charge in [-0.3, -0.25) is 0 Å². The number of hydrogen-bond donors (Lipinski definition) is 1. The molecule has 0 radical (unpaired) electrons. The van der Waals surface area contributed by atoms with E-state index in [1.54, 1.807) is 18.2 Å². The van der Waals surface area contributed by atoms with Crippen LogP contribution in [0.4, 0.5) is 0 Å². The Morgan fingerprint density at radius 2 is 1.77 bits per heavy atom. The molecule has 0 aliphatic heterocycles. The SMILES string of the molecule is C=C(c1ccc(Cn2c(CCC)nc3c(C)ccnc32)cc1)c1ccccc1C(=O)O. The summed E-state index contributed by atoms with van der Waals surface area (Å²) >= 11 is 0. The second-order valence-electron chi connectivity index (χ2n) is 7.69. The number of benzene rings is 2. The van der Waals surface area contributed by atoms with Crippen molar-refractivity contribution in [3.05, 3.63) is 101 Å². The predicted octanol–water partition coefficient (Wildman–Crippen LogP) is 5.50. The Balaban J connectivity index is 1.65. The molecule has 5 nitrogen and oxygen atoms in total. The zero-order valence-electron chi connectivity index (χ0n) is 17.8. The fourth-order valence-corrected chi connectivity index (χ4v) is 3.85. The fourth-order valence-electron chi connectivity index (χ4n) is 3.85. The van der Waals surface area contributed by atoms with Crippen LogP contribution in [0.25, 0.3) is 16.7 Å². The van der Waals surface area contributed by atoms with Crippen molar-refractivity contribution in [2.45, 2.75) is 33.2 Å². The highest BCUT2D eigenvalue weighted by Gasteiger charge is 2.15. The second kappa shape index (κ2) is 8.56. The van der Waals surface area contributed by atoms with Crippen molar-refractivity contribution >= 4 is 22.7 Å². The fraction of sp³-hybridized carbons (Fsp3) is 0.192. The summed E-state index contributed by atoms with van der Waals surface area (Å²) in [5, 5.41) is 9.47. The van der Waals surface area contributed by atoms with Gasteiger partial charge in [-0.05, 0) is 53.3 Å². The molecule has 0 aliphatic rings. The lowest BCUT2D eigenvalue weighted by Gasteiger charge is -2.12. The van der Waals surface area contributed by atoms with E-state index in [0.717, 1.165) is 46.5 Å². The monoisotopic (exact) mass is 411 g/mol. The average molecular weight is 412 g/mol. The van der Waals surface area contributed by atoms with Crippen molar-refractivity contribution in [2.24, 2.45) is 0 Å². The Labute approximate surface area is 181 Å². The van der Waals surface area contributed by atoms with Crippen LogP contribution in [0, 0.1) is 6.92 Å². The number of fused-ring (bicyclic) bond motifs is 1. The Kier molecular flexibility index (Phi) is 5.67. The largest absolute Gasteiger partial charge is 0.478 e. The Morgan fingerprint density at radius 3 is 2.45 bits per heavy atom. The highest BCUT2D eigenvalue weighted by atomic mass is 16.4. The minimum Gasteiger partial charge on any atom is -0.478 e. The zero-order valence-corrected chi connectivity index (χ0v) is 17.8. The van der Waals surface area contributed by atoms with Gasteiger partial charge in [0.1, 0.15) is 11.3 Å². The van der Waals surface area contributed by atoms with Gasteiger partial charge in [0.05, 0.1) is 12.1 Å². The van der Waals surface area contributed by atoms with Crippen LogP contribution in [0.2, 0.25) is 0 Å². The van der Waals surface area contributed by atoms with Gasteiger partial charge >= 0.3 is 5.97 Å². The first-order valence-electron chi connectivity index (χ1n) is 10.4. The van der Waals surface area contributed by atoms with Gasteiger partial charge in [0, 0.05) is 12.6 Å². The summed E-state index contributed by atoms with van der Waals surface area (Å²) in [6.45, 7) is 9.04. The highest BCUT2D eigenvalue weighted by Crippen LogP contribution is 2.26. The molecule has 31 heavy (non-hydrogen) atoms. The molecule has 2 aromatic heterocycles. The number of imidazole rings is 1. The van der Waals surface area contributed by atoms with Crippen LogP contribution in [-0.4, -0.2) is 25.6 Å². The summed E-state index contributed by atoms with van der Waals surface area (Å²) in [4.78, 5) is 21.0. The summed E-state index contributed by atoms with van der Waals surface area (Å²) < 4.78 is 2.19. The van der Waals surface area contributed by atoms with E-state index in [1.807, 2.05) is 30.5 Å². The Hall–Kier alpha value is -3.73. The third kappa shape index (κ3) is 3.99. The maximum absolute atomic E-state index is 11.5. The van der Waals surface area contributed by atoms with Gasteiger partial charge in [0.25, 0.3) is 0 Å². The number of carbonyl (C=O) groups is 1. The first kappa shape index (κ1) is 20.5. The molecule has 0 aliphatic carbocycles. The van der Waals surface area contributed by atoms with E-state index in [1.165, 1.54) is 0 Å². The molecule has 5 heteroatoms. The number of pyridine rings is 1.